The summed E-state index contributed by atoms with van der Waals surface area (Å²) in [7, 11) is 1.52. The van der Waals surface area contributed by atoms with Crippen LogP contribution in [0.3, 0.4) is 0 Å². The van der Waals surface area contributed by atoms with Crippen LogP contribution in [0.5, 0.6) is 0 Å². The number of aromatic amines is 1. The summed E-state index contributed by atoms with van der Waals surface area (Å²) < 4.78 is 38.8. The third kappa shape index (κ3) is 4.66. The minimum absolute atomic E-state index is 0.191. The van der Waals surface area contributed by atoms with Crippen LogP contribution >= 0.6 is 11.3 Å². The van der Waals surface area contributed by atoms with Gasteiger partial charge in [0.25, 0.3) is 5.91 Å². The zero-order chi connectivity index (χ0) is 29.0. The first-order chi connectivity index (χ1) is 18.8. The van der Waals surface area contributed by atoms with Crippen LogP contribution in [-0.2, 0) is 11.0 Å². The molecule has 4 amide bonds. The molecule has 2 aromatic heterocycles. The summed E-state index contributed by atoms with van der Waals surface area (Å²) in [5.41, 5.74) is -0.766. The monoisotopic (exact) mass is 579 g/mol. The Morgan fingerprint density at radius 1 is 1.25 bits per heavy atom. The summed E-state index contributed by atoms with van der Waals surface area (Å²) in [6.45, 7) is 3.82. The predicted octanol–water partition coefficient (Wildman–Crippen LogP) is 3.04. The number of aromatic nitrogens is 3. The molecule has 214 valence electrons. The Balaban J connectivity index is 1.33. The molecule has 5 rings (SSSR count). The molecule has 2 aliphatic rings. The Kier molecular flexibility index (Phi) is 6.98. The van der Waals surface area contributed by atoms with Gasteiger partial charge in [-0.25, -0.2) is 9.78 Å². The van der Waals surface area contributed by atoms with E-state index in [1.165, 1.54) is 11.9 Å². The average Bonchev–Trinajstić information content (AvgIpc) is 3.63. The van der Waals surface area contributed by atoms with Crippen molar-refractivity contribution in [2.75, 3.05) is 25.0 Å². The summed E-state index contributed by atoms with van der Waals surface area (Å²) in [6, 6.07) is 4.02. The Labute approximate surface area is 230 Å². The van der Waals surface area contributed by atoms with Crippen molar-refractivity contribution in [3.63, 3.8) is 0 Å². The fraction of sp³-hybridized carbons (Fsp3) is 0.480. The molecule has 2 unspecified atom stereocenters. The van der Waals surface area contributed by atoms with Crippen molar-refractivity contribution >= 4 is 45.8 Å². The van der Waals surface area contributed by atoms with E-state index in [1.54, 1.807) is 42.0 Å². The number of aliphatic hydroxyl groups is 1. The number of anilines is 1. The number of benzene rings is 1. The number of aliphatic hydroxyl groups excluding tert-OH is 1. The molecule has 3 aromatic rings. The van der Waals surface area contributed by atoms with Gasteiger partial charge in [0.15, 0.2) is 16.9 Å². The van der Waals surface area contributed by atoms with Crippen LogP contribution in [0.4, 0.5) is 23.7 Å². The number of likely N-dealkylation sites (N-methyl/N-ethyl adjacent to an activating group) is 1. The Bertz CT molecular complexity index is 1450. The maximum atomic E-state index is 13.5. The molecule has 1 spiro atoms. The number of thiazole rings is 1. The largest absolute Gasteiger partial charge is 0.434 e. The van der Waals surface area contributed by atoms with Gasteiger partial charge in [-0.05, 0) is 37.0 Å². The van der Waals surface area contributed by atoms with Crippen molar-refractivity contribution in [2.45, 2.75) is 50.7 Å². The highest BCUT2D eigenvalue weighted by atomic mass is 32.1. The van der Waals surface area contributed by atoms with Crippen molar-refractivity contribution in [2.24, 2.45) is 5.92 Å². The molecule has 4 heterocycles. The van der Waals surface area contributed by atoms with Crippen molar-refractivity contribution in [3.05, 3.63) is 40.5 Å². The molecule has 0 bridgehead atoms. The normalized spacial score (nSPS) is 20.1. The van der Waals surface area contributed by atoms with Crippen LogP contribution in [0.15, 0.2) is 29.8 Å². The highest BCUT2D eigenvalue weighted by Gasteiger charge is 2.57. The van der Waals surface area contributed by atoms with Gasteiger partial charge in [0.1, 0.15) is 6.04 Å². The van der Waals surface area contributed by atoms with E-state index in [0.717, 1.165) is 16.3 Å². The number of rotatable bonds is 5. The third-order valence-electron chi connectivity index (χ3n) is 7.62. The highest BCUT2D eigenvalue weighted by Crippen LogP contribution is 2.43. The number of fused-ring (bicyclic) bond motifs is 1. The zero-order valence-corrected chi connectivity index (χ0v) is 22.7. The van der Waals surface area contributed by atoms with Gasteiger partial charge < -0.3 is 15.3 Å². The molecular formula is C25H28F3N7O4S. The summed E-state index contributed by atoms with van der Waals surface area (Å²) in [6.07, 6.45) is -3.63. The second kappa shape index (κ2) is 10.0. The lowest BCUT2D eigenvalue weighted by molar-refractivity contribution is -0.141. The van der Waals surface area contributed by atoms with Gasteiger partial charge in [0.2, 0.25) is 5.91 Å². The van der Waals surface area contributed by atoms with Gasteiger partial charge in [-0.15, -0.1) is 11.3 Å². The number of carbonyl (C=O) groups is 3. The first kappa shape index (κ1) is 27.8. The lowest BCUT2D eigenvalue weighted by Gasteiger charge is -2.46. The number of amides is 4. The Hall–Kier alpha value is -3.72. The molecule has 2 aliphatic heterocycles. The SMILES string of the molecule is CC(C)C(NC(=O)c1nc(C(F)(F)F)cs1)C(=O)N1CCC2(CC1)C(O)N(C)C(=O)N2c1ccc2[nH]ncc2c1. The topological polar surface area (TPSA) is 135 Å². The quantitative estimate of drug-likeness (QED) is 0.426. The summed E-state index contributed by atoms with van der Waals surface area (Å²) in [5.74, 6) is -1.62. The number of nitrogens with zero attached hydrogens (tertiary/aromatic N) is 5. The van der Waals surface area contributed by atoms with E-state index in [-0.39, 0.29) is 42.9 Å². The minimum Gasteiger partial charge on any atom is -0.371 e. The number of urea groups is 1. The highest BCUT2D eigenvalue weighted by molar-refractivity contribution is 7.11. The second-order valence-corrected chi connectivity index (χ2v) is 11.3. The summed E-state index contributed by atoms with van der Waals surface area (Å²) in [5, 5.41) is 21.8. The number of likely N-dealkylation sites (tertiary alicyclic amines) is 1. The van der Waals surface area contributed by atoms with E-state index in [9.17, 15) is 32.7 Å². The van der Waals surface area contributed by atoms with Crippen LogP contribution in [0.25, 0.3) is 10.9 Å². The van der Waals surface area contributed by atoms with E-state index < -0.39 is 41.5 Å². The molecule has 0 saturated carbocycles. The maximum Gasteiger partial charge on any atom is 0.434 e. The number of nitrogens with one attached hydrogen (secondary N) is 2. The van der Waals surface area contributed by atoms with Gasteiger partial charge in [0, 0.05) is 36.6 Å². The Morgan fingerprint density at radius 3 is 2.58 bits per heavy atom. The van der Waals surface area contributed by atoms with Crippen LogP contribution < -0.4 is 10.2 Å². The minimum atomic E-state index is -4.68. The number of halogens is 3. The van der Waals surface area contributed by atoms with Crippen LogP contribution in [0, 0.1) is 5.92 Å². The molecule has 40 heavy (non-hydrogen) atoms. The second-order valence-electron chi connectivity index (χ2n) is 10.4. The molecule has 2 saturated heterocycles. The number of piperidine rings is 1. The van der Waals surface area contributed by atoms with Crippen molar-refractivity contribution in [1.29, 1.82) is 0 Å². The zero-order valence-electron chi connectivity index (χ0n) is 21.9. The first-order valence-corrected chi connectivity index (χ1v) is 13.5. The summed E-state index contributed by atoms with van der Waals surface area (Å²) >= 11 is 0.554. The fourth-order valence-corrected chi connectivity index (χ4v) is 6.11. The van der Waals surface area contributed by atoms with Gasteiger partial charge in [0.05, 0.1) is 17.3 Å². The van der Waals surface area contributed by atoms with Crippen molar-refractivity contribution < 1.29 is 32.7 Å². The maximum absolute atomic E-state index is 13.5. The Morgan fingerprint density at radius 2 is 1.95 bits per heavy atom. The van der Waals surface area contributed by atoms with E-state index in [4.69, 9.17) is 0 Å². The van der Waals surface area contributed by atoms with Gasteiger partial charge in [-0.2, -0.15) is 18.3 Å². The smallest absolute Gasteiger partial charge is 0.371 e. The lowest BCUT2D eigenvalue weighted by Crippen LogP contribution is -2.61. The van der Waals surface area contributed by atoms with E-state index >= 15 is 0 Å². The average molecular weight is 580 g/mol. The number of hydrogen-bond acceptors (Lipinski definition) is 7. The van der Waals surface area contributed by atoms with Gasteiger partial charge >= 0.3 is 12.2 Å². The van der Waals surface area contributed by atoms with E-state index in [2.05, 4.69) is 20.5 Å². The van der Waals surface area contributed by atoms with E-state index in [0.29, 0.717) is 17.0 Å². The molecule has 2 atom stereocenters. The standard InChI is InChI=1S/C25H28F3N7O4S/c1-13(2)18(31-19(36)20-30-17(12-40-20)25(26,27)28)21(37)34-8-6-24(7-9-34)22(38)33(3)23(39)35(24)15-4-5-16-14(10-15)11-29-32-16/h4-5,10-13,18,22,38H,6-9H2,1-3H3,(H,29,32)(H,31,36). The number of H-pyrrole nitrogens is 1. The van der Waals surface area contributed by atoms with Crippen LogP contribution in [0.2, 0.25) is 0 Å². The van der Waals surface area contributed by atoms with E-state index in [1.807, 2.05) is 6.07 Å². The molecule has 15 heteroatoms. The summed E-state index contributed by atoms with van der Waals surface area (Å²) in [4.78, 5) is 47.2. The van der Waals surface area contributed by atoms with Crippen LogP contribution in [-0.4, -0.2) is 85.9 Å². The first-order valence-electron chi connectivity index (χ1n) is 12.6. The van der Waals surface area contributed by atoms with Gasteiger partial charge in [-0.3, -0.25) is 24.5 Å². The lowest BCUT2D eigenvalue weighted by atomic mass is 9.84. The van der Waals surface area contributed by atoms with Crippen molar-refractivity contribution in [1.82, 2.24) is 30.3 Å². The van der Waals surface area contributed by atoms with Crippen molar-refractivity contribution in [3.8, 4) is 0 Å². The van der Waals surface area contributed by atoms with Gasteiger partial charge in [-0.1, -0.05) is 13.8 Å². The number of carbonyl (C=O) groups excluding carboxylic acids is 3. The molecule has 2 fully saturated rings. The molecule has 1 aromatic carbocycles. The fourth-order valence-electron chi connectivity index (χ4n) is 5.38. The van der Waals surface area contributed by atoms with Crippen LogP contribution in [0.1, 0.15) is 42.2 Å². The predicted molar refractivity (Wildman–Crippen MR) is 139 cm³/mol. The molecule has 0 radical (unpaired) electrons. The number of alkyl halides is 3. The molecule has 0 aliphatic carbocycles. The molecule has 11 nitrogen and oxygen atoms in total. The number of hydrogen-bond donors (Lipinski definition) is 3. The molecular weight excluding hydrogens is 551 g/mol. The molecule has 3 N–H and O–H groups in total. The third-order valence-corrected chi connectivity index (χ3v) is 8.46.